The highest BCUT2D eigenvalue weighted by molar-refractivity contribution is 5.61. The average molecular weight is 258 g/mol. The van der Waals surface area contributed by atoms with Crippen molar-refractivity contribution in [2.45, 2.75) is 27.7 Å². The zero-order valence-corrected chi connectivity index (χ0v) is 12.4. The minimum absolute atomic E-state index is 0.771. The fraction of sp³-hybridized carbons (Fsp3) is 0.400. The first kappa shape index (κ1) is 13.5. The van der Waals surface area contributed by atoms with Crippen molar-refractivity contribution in [2.24, 2.45) is 5.10 Å². The Balaban J connectivity index is 2.07. The van der Waals surface area contributed by atoms with E-state index in [0.717, 1.165) is 17.9 Å². The van der Waals surface area contributed by atoms with Gasteiger partial charge in [-0.2, -0.15) is 5.10 Å². The molecule has 0 fully saturated rings. The molecule has 0 radical (unpaired) electrons. The van der Waals surface area contributed by atoms with E-state index in [0.29, 0.717) is 0 Å². The second-order valence-corrected chi connectivity index (χ2v) is 4.99. The molecule has 102 valence electrons. The lowest BCUT2D eigenvalue weighted by atomic mass is 10.5. The number of nitrogens with zero attached hydrogens (tertiary/aromatic N) is 4. The molecule has 0 bridgehead atoms. The van der Waals surface area contributed by atoms with Gasteiger partial charge in [0.2, 0.25) is 0 Å². The third-order valence-corrected chi connectivity index (χ3v) is 3.35. The van der Waals surface area contributed by atoms with Crippen LogP contribution in [0, 0.1) is 27.7 Å². The summed E-state index contributed by atoms with van der Waals surface area (Å²) in [6.07, 6.45) is 1.94. The van der Waals surface area contributed by atoms with Crippen LogP contribution in [0.25, 0.3) is 0 Å². The molecule has 0 amide bonds. The highest BCUT2D eigenvalue weighted by Gasteiger charge is 2.04. The van der Waals surface area contributed by atoms with Crippen LogP contribution >= 0.6 is 0 Å². The maximum absolute atomic E-state index is 4.51. The monoisotopic (exact) mass is 258 g/mol. The predicted octanol–water partition coefficient (Wildman–Crippen LogP) is 2.63. The normalized spacial score (nSPS) is 11.4. The van der Waals surface area contributed by atoms with Crippen molar-refractivity contribution in [1.82, 2.24) is 9.35 Å². The molecule has 19 heavy (non-hydrogen) atoms. The van der Waals surface area contributed by atoms with E-state index in [2.05, 4.69) is 73.8 Å². The Morgan fingerprint density at radius 3 is 1.95 bits per heavy atom. The fourth-order valence-corrected chi connectivity index (χ4v) is 2.36. The molecule has 0 unspecified atom stereocenters. The van der Waals surface area contributed by atoms with Gasteiger partial charge in [0.1, 0.15) is 0 Å². The zero-order chi connectivity index (χ0) is 14.0. The smallest absolute Gasteiger partial charge is 0.0712 e. The van der Waals surface area contributed by atoms with Crippen LogP contribution in [-0.2, 0) is 0 Å². The molecule has 4 nitrogen and oxygen atoms in total. The molecular weight excluding hydrogens is 236 g/mol. The molecule has 2 rings (SSSR count). The van der Waals surface area contributed by atoms with Crippen LogP contribution in [0.5, 0.6) is 0 Å². The van der Waals surface area contributed by atoms with Crippen molar-refractivity contribution in [3.63, 3.8) is 0 Å². The quantitative estimate of drug-likeness (QED) is 0.774. The largest absolute Gasteiger partial charge is 0.310 e. The van der Waals surface area contributed by atoms with Gasteiger partial charge in [0, 0.05) is 36.0 Å². The summed E-state index contributed by atoms with van der Waals surface area (Å²) in [6, 6.07) is 8.42. The second kappa shape index (κ2) is 5.34. The molecule has 2 aromatic rings. The van der Waals surface area contributed by atoms with E-state index in [1.165, 1.54) is 11.4 Å². The summed E-state index contributed by atoms with van der Waals surface area (Å²) >= 11 is 0. The fourth-order valence-electron chi connectivity index (χ4n) is 2.36. The summed E-state index contributed by atoms with van der Waals surface area (Å²) in [5.41, 5.74) is 4.79. The summed E-state index contributed by atoms with van der Waals surface area (Å²) in [5, 5.41) is 6.67. The van der Waals surface area contributed by atoms with Gasteiger partial charge in [-0.3, -0.25) is 4.68 Å². The topological polar surface area (TPSA) is 25.5 Å². The summed E-state index contributed by atoms with van der Waals surface area (Å²) in [7, 11) is 2.07. The van der Waals surface area contributed by atoms with E-state index < -0.39 is 0 Å². The van der Waals surface area contributed by atoms with Gasteiger partial charge in [0.25, 0.3) is 0 Å². The molecule has 0 aliphatic heterocycles. The Kier molecular flexibility index (Phi) is 3.79. The molecule has 0 N–H and O–H groups in total. The van der Waals surface area contributed by atoms with Gasteiger partial charge in [0.15, 0.2) is 0 Å². The number of aryl methyl sites for hydroxylation is 4. The number of hydrogen-bond acceptors (Lipinski definition) is 2. The minimum atomic E-state index is 0.771. The van der Waals surface area contributed by atoms with Gasteiger partial charge >= 0.3 is 0 Å². The molecular formula is C15H22N4. The van der Waals surface area contributed by atoms with Crippen LogP contribution in [0.1, 0.15) is 22.8 Å². The van der Waals surface area contributed by atoms with E-state index in [1.807, 2.05) is 10.9 Å². The van der Waals surface area contributed by atoms with Crippen molar-refractivity contribution >= 4 is 6.21 Å². The van der Waals surface area contributed by atoms with E-state index >= 15 is 0 Å². The molecule has 0 saturated carbocycles. The summed E-state index contributed by atoms with van der Waals surface area (Å²) < 4.78 is 4.16. The van der Waals surface area contributed by atoms with Crippen molar-refractivity contribution in [3.8, 4) is 0 Å². The highest BCUT2D eigenvalue weighted by Crippen LogP contribution is 2.07. The van der Waals surface area contributed by atoms with Crippen molar-refractivity contribution in [1.29, 1.82) is 0 Å². The number of aromatic nitrogens is 2. The van der Waals surface area contributed by atoms with E-state index in [1.54, 1.807) is 0 Å². The van der Waals surface area contributed by atoms with E-state index in [9.17, 15) is 0 Å². The van der Waals surface area contributed by atoms with Crippen LogP contribution in [0.15, 0.2) is 29.4 Å². The van der Waals surface area contributed by atoms with Gasteiger partial charge < -0.3 is 5.01 Å². The Labute approximate surface area is 114 Å². The first-order valence-electron chi connectivity index (χ1n) is 6.55. The van der Waals surface area contributed by atoms with Gasteiger partial charge in [-0.15, -0.1) is 0 Å². The second-order valence-electron chi connectivity index (χ2n) is 4.99. The lowest BCUT2D eigenvalue weighted by molar-refractivity contribution is 0.670. The van der Waals surface area contributed by atoms with Gasteiger partial charge in [0.05, 0.1) is 6.54 Å². The average Bonchev–Trinajstić information content (AvgIpc) is 2.85. The minimum Gasteiger partial charge on any atom is -0.310 e. The maximum atomic E-state index is 4.51. The Morgan fingerprint density at radius 2 is 1.42 bits per heavy atom. The molecule has 0 aliphatic rings. The molecule has 0 aromatic carbocycles. The number of hydrogen-bond donors (Lipinski definition) is 0. The van der Waals surface area contributed by atoms with E-state index in [4.69, 9.17) is 0 Å². The van der Waals surface area contributed by atoms with Crippen LogP contribution in [-0.4, -0.2) is 29.2 Å². The highest BCUT2D eigenvalue weighted by atomic mass is 15.5. The first-order valence-corrected chi connectivity index (χ1v) is 6.55. The Morgan fingerprint density at radius 1 is 0.947 bits per heavy atom. The summed E-state index contributed by atoms with van der Waals surface area (Å²) in [6.45, 7) is 9.12. The molecule has 0 spiro atoms. The zero-order valence-electron chi connectivity index (χ0n) is 12.4. The van der Waals surface area contributed by atoms with Crippen LogP contribution in [0.4, 0.5) is 0 Å². The summed E-state index contributed by atoms with van der Waals surface area (Å²) in [4.78, 5) is 0. The molecule has 0 atom stereocenters. The Bertz CT molecular complexity index is 550. The third-order valence-electron chi connectivity index (χ3n) is 3.35. The van der Waals surface area contributed by atoms with Crippen LogP contribution in [0.2, 0.25) is 0 Å². The van der Waals surface area contributed by atoms with E-state index in [-0.39, 0.29) is 0 Å². The third kappa shape index (κ3) is 2.72. The summed E-state index contributed by atoms with van der Waals surface area (Å²) in [5.74, 6) is 0. The Hall–Kier alpha value is -1.97. The van der Waals surface area contributed by atoms with Gasteiger partial charge in [-0.1, -0.05) is 0 Å². The molecule has 4 heteroatoms. The van der Waals surface area contributed by atoms with Crippen molar-refractivity contribution in [3.05, 3.63) is 47.0 Å². The van der Waals surface area contributed by atoms with Crippen LogP contribution in [0.3, 0.4) is 0 Å². The van der Waals surface area contributed by atoms with Gasteiger partial charge in [-0.05, 0) is 52.0 Å². The molecule has 0 saturated heterocycles. The van der Waals surface area contributed by atoms with Crippen molar-refractivity contribution in [2.75, 3.05) is 18.6 Å². The van der Waals surface area contributed by atoms with Crippen LogP contribution < -0.4 is 5.01 Å². The van der Waals surface area contributed by atoms with Gasteiger partial charge in [-0.25, -0.2) is 4.68 Å². The van der Waals surface area contributed by atoms with Crippen molar-refractivity contribution < 1.29 is 0 Å². The SMILES string of the molecule is Cc1ccc(C)n1/N=C/CN(C)n1c(C)ccc1C. The standard InChI is InChI=1S/C15H22N4/c1-12-6-7-13(2)18(12)16-10-11-17(5)19-14(3)8-9-15(19)4/h6-10H,11H2,1-5H3/b16-10+. The first-order chi connectivity index (χ1) is 9.00. The number of rotatable bonds is 4. The molecule has 0 aliphatic carbocycles. The molecule has 2 aromatic heterocycles. The lowest BCUT2D eigenvalue weighted by Crippen LogP contribution is -2.33. The molecule has 2 heterocycles. The predicted molar refractivity (Wildman–Crippen MR) is 80.7 cm³/mol. The maximum Gasteiger partial charge on any atom is 0.0712 e. The lowest BCUT2D eigenvalue weighted by Gasteiger charge is -2.22.